The quantitative estimate of drug-likeness (QED) is 0.803. The summed E-state index contributed by atoms with van der Waals surface area (Å²) in [4.78, 5) is 26.1. The first-order valence-electron chi connectivity index (χ1n) is 7.55. The molecular weight excluding hydrogens is 282 g/mol. The van der Waals surface area contributed by atoms with Crippen LogP contribution >= 0.6 is 0 Å². The summed E-state index contributed by atoms with van der Waals surface area (Å²) in [6, 6.07) is 5.59. The first-order valence-corrected chi connectivity index (χ1v) is 7.55. The average molecular weight is 305 g/mol. The molecule has 1 amide bonds. The van der Waals surface area contributed by atoms with Crippen LogP contribution in [-0.4, -0.2) is 30.1 Å². The summed E-state index contributed by atoms with van der Waals surface area (Å²) in [5.41, 5.74) is 0.611. The van der Waals surface area contributed by atoms with Crippen molar-refractivity contribution in [1.82, 2.24) is 0 Å². The topological polar surface area (TPSA) is 55.8 Å². The Hall–Kier alpha value is -2.04. The van der Waals surface area contributed by atoms with Crippen molar-refractivity contribution >= 4 is 17.6 Å². The highest BCUT2D eigenvalue weighted by Crippen LogP contribution is 2.38. The molecule has 0 saturated carbocycles. The maximum atomic E-state index is 12.6. The lowest BCUT2D eigenvalue weighted by molar-refractivity contribution is -0.148. The fourth-order valence-corrected chi connectivity index (χ4v) is 2.31. The summed E-state index contributed by atoms with van der Waals surface area (Å²) >= 11 is 0. The minimum absolute atomic E-state index is 0.105. The van der Waals surface area contributed by atoms with Gasteiger partial charge >= 0.3 is 5.97 Å². The molecule has 1 aromatic rings. The molecular formula is C17H23NO4. The number of hydrogen-bond acceptors (Lipinski definition) is 4. The van der Waals surface area contributed by atoms with Crippen LogP contribution in [0.5, 0.6) is 5.75 Å². The number of benzene rings is 1. The number of rotatable bonds is 4. The van der Waals surface area contributed by atoms with Crippen molar-refractivity contribution in [3.63, 3.8) is 0 Å². The van der Waals surface area contributed by atoms with Crippen molar-refractivity contribution in [3.05, 3.63) is 23.8 Å². The van der Waals surface area contributed by atoms with E-state index in [2.05, 4.69) is 0 Å². The minimum atomic E-state index is -1.00. The summed E-state index contributed by atoms with van der Waals surface area (Å²) in [7, 11) is 0. The van der Waals surface area contributed by atoms with Crippen LogP contribution in [0.3, 0.4) is 0 Å². The SMILES string of the molecule is CCC(C)OC(=O)CN1C(=O)C(C)(C)Oc2ccc(C)cc21. The van der Waals surface area contributed by atoms with Crippen LogP contribution in [0.25, 0.3) is 0 Å². The minimum Gasteiger partial charge on any atom is -0.476 e. The second-order valence-electron chi connectivity index (χ2n) is 6.18. The Bertz CT molecular complexity index is 594. The van der Waals surface area contributed by atoms with Crippen LogP contribution in [0, 0.1) is 6.92 Å². The Balaban J connectivity index is 2.30. The lowest BCUT2D eigenvalue weighted by atomic mass is 10.0. The van der Waals surface area contributed by atoms with Gasteiger partial charge in [-0.2, -0.15) is 0 Å². The fraction of sp³-hybridized carbons (Fsp3) is 0.529. The smallest absolute Gasteiger partial charge is 0.326 e. The number of aryl methyl sites for hydroxylation is 1. The van der Waals surface area contributed by atoms with Gasteiger partial charge in [0.2, 0.25) is 0 Å². The third-order valence-corrected chi connectivity index (χ3v) is 3.73. The zero-order valence-corrected chi connectivity index (χ0v) is 13.8. The molecule has 0 radical (unpaired) electrons. The fourth-order valence-electron chi connectivity index (χ4n) is 2.31. The molecule has 0 fully saturated rings. The monoisotopic (exact) mass is 305 g/mol. The van der Waals surface area contributed by atoms with E-state index in [0.717, 1.165) is 12.0 Å². The predicted molar refractivity (Wildman–Crippen MR) is 84.1 cm³/mol. The predicted octanol–water partition coefficient (Wildman–Crippen LogP) is 2.84. The first-order chi connectivity index (χ1) is 10.2. The van der Waals surface area contributed by atoms with E-state index >= 15 is 0 Å². The number of carbonyl (C=O) groups is 2. The Morgan fingerprint density at radius 2 is 2.09 bits per heavy atom. The standard InChI is InChI=1S/C17H23NO4/c1-6-12(3)21-15(19)10-18-13-9-11(2)7-8-14(13)22-17(4,5)16(18)20/h7-9,12H,6,10H2,1-5H3. The second-order valence-corrected chi connectivity index (χ2v) is 6.18. The van der Waals surface area contributed by atoms with E-state index in [1.165, 1.54) is 4.90 Å². The lowest BCUT2D eigenvalue weighted by Gasteiger charge is -2.38. The van der Waals surface area contributed by atoms with E-state index in [4.69, 9.17) is 9.47 Å². The van der Waals surface area contributed by atoms with Gasteiger partial charge in [0, 0.05) is 0 Å². The molecule has 2 rings (SSSR count). The third-order valence-electron chi connectivity index (χ3n) is 3.73. The zero-order valence-electron chi connectivity index (χ0n) is 13.8. The molecule has 1 atom stereocenters. The highest BCUT2D eigenvalue weighted by molar-refractivity contribution is 6.05. The molecule has 1 unspecified atom stereocenters. The highest BCUT2D eigenvalue weighted by atomic mass is 16.5. The number of anilines is 1. The summed E-state index contributed by atoms with van der Waals surface area (Å²) in [6.45, 7) is 9.00. The molecule has 1 heterocycles. The van der Waals surface area contributed by atoms with E-state index in [9.17, 15) is 9.59 Å². The maximum Gasteiger partial charge on any atom is 0.326 e. The van der Waals surface area contributed by atoms with Crippen molar-refractivity contribution in [2.45, 2.75) is 52.7 Å². The Labute approximate surface area is 131 Å². The van der Waals surface area contributed by atoms with Crippen LogP contribution in [0.2, 0.25) is 0 Å². The summed E-state index contributed by atoms with van der Waals surface area (Å²) in [6.07, 6.45) is 0.581. The highest BCUT2D eigenvalue weighted by Gasteiger charge is 2.41. The molecule has 0 saturated heterocycles. The van der Waals surface area contributed by atoms with Gasteiger partial charge in [0.05, 0.1) is 11.8 Å². The number of ether oxygens (including phenoxy) is 2. The van der Waals surface area contributed by atoms with Gasteiger partial charge in [0.15, 0.2) is 5.60 Å². The summed E-state index contributed by atoms with van der Waals surface area (Å²) < 4.78 is 11.0. The number of fused-ring (bicyclic) bond motifs is 1. The zero-order chi connectivity index (χ0) is 16.5. The van der Waals surface area contributed by atoms with E-state index in [1.807, 2.05) is 39.0 Å². The van der Waals surface area contributed by atoms with Crippen LogP contribution in [0.4, 0.5) is 5.69 Å². The van der Waals surface area contributed by atoms with Crippen LogP contribution in [-0.2, 0) is 14.3 Å². The van der Waals surface area contributed by atoms with Gasteiger partial charge in [-0.05, 0) is 51.8 Å². The van der Waals surface area contributed by atoms with Gasteiger partial charge in [-0.25, -0.2) is 0 Å². The molecule has 5 heteroatoms. The molecule has 1 aliphatic heterocycles. The average Bonchev–Trinajstić information content (AvgIpc) is 2.44. The molecule has 1 aromatic carbocycles. The van der Waals surface area contributed by atoms with Crippen LogP contribution in [0.1, 0.15) is 39.7 Å². The molecule has 0 aliphatic carbocycles. The normalized spacial score (nSPS) is 17.5. The van der Waals surface area contributed by atoms with Crippen molar-refractivity contribution in [3.8, 4) is 5.75 Å². The number of amides is 1. The van der Waals surface area contributed by atoms with E-state index < -0.39 is 11.6 Å². The lowest BCUT2D eigenvalue weighted by Crippen LogP contribution is -2.54. The molecule has 0 bridgehead atoms. The van der Waals surface area contributed by atoms with Gasteiger partial charge in [-0.3, -0.25) is 14.5 Å². The molecule has 1 aliphatic rings. The maximum absolute atomic E-state index is 12.6. The molecule has 120 valence electrons. The van der Waals surface area contributed by atoms with Crippen molar-refractivity contribution in [1.29, 1.82) is 0 Å². The van der Waals surface area contributed by atoms with Gasteiger partial charge in [-0.1, -0.05) is 13.0 Å². The van der Waals surface area contributed by atoms with Crippen molar-refractivity contribution in [2.75, 3.05) is 11.4 Å². The van der Waals surface area contributed by atoms with Crippen LogP contribution < -0.4 is 9.64 Å². The number of carbonyl (C=O) groups excluding carboxylic acids is 2. The summed E-state index contributed by atoms with van der Waals surface area (Å²) in [5.74, 6) is -0.0499. The Morgan fingerprint density at radius 1 is 1.41 bits per heavy atom. The molecule has 0 spiro atoms. The van der Waals surface area contributed by atoms with E-state index in [-0.39, 0.29) is 18.6 Å². The number of nitrogens with zero attached hydrogens (tertiary/aromatic N) is 1. The summed E-state index contributed by atoms with van der Waals surface area (Å²) in [5, 5.41) is 0. The Morgan fingerprint density at radius 3 is 2.73 bits per heavy atom. The van der Waals surface area contributed by atoms with Gasteiger partial charge in [0.25, 0.3) is 5.91 Å². The molecule has 0 N–H and O–H groups in total. The Kier molecular flexibility index (Phi) is 4.44. The molecule has 5 nitrogen and oxygen atoms in total. The molecule has 0 aromatic heterocycles. The van der Waals surface area contributed by atoms with Gasteiger partial charge in [0.1, 0.15) is 12.3 Å². The van der Waals surface area contributed by atoms with Gasteiger partial charge in [-0.15, -0.1) is 0 Å². The van der Waals surface area contributed by atoms with Gasteiger partial charge < -0.3 is 9.47 Å². The first kappa shape index (κ1) is 16.3. The molecule has 22 heavy (non-hydrogen) atoms. The largest absolute Gasteiger partial charge is 0.476 e. The number of esters is 1. The third kappa shape index (κ3) is 3.24. The van der Waals surface area contributed by atoms with E-state index in [0.29, 0.717) is 11.4 Å². The van der Waals surface area contributed by atoms with Crippen LogP contribution in [0.15, 0.2) is 18.2 Å². The second kappa shape index (κ2) is 5.99. The van der Waals surface area contributed by atoms with E-state index in [1.54, 1.807) is 13.8 Å². The van der Waals surface area contributed by atoms with Crippen molar-refractivity contribution in [2.24, 2.45) is 0 Å². The number of hydrogen-bond donors (Lipinski definition) is 0. The van der Waals surface area contributed by atoms with Crippen molar-refractivity contribution < 1.29 is 19.1 Å².